The van der Waals surface area contributed by atoms with E-state index in [-0.39, 0.29) is 5.97 Å². The zero-order valence-electron chi connectivity index (χ0n) is 35.5. The maximum absolute atomic E-state index is 12.3. The Labute approximate surface area is 330 Å². The molecule has 0 aromatic heterocycles. The monoisotopic (exact) mass is 740 g/mol. The minimum Gasteiger partial charge on any atom is -0.466 e. The lowest BCUT2D eigenvalue weighted by atomic mass is 9.85. The van der Waals surface area contributed by atoms with Crippen LogP contribution in [-0.4, -0.2) is 47.8 Å². The van der Waals surface area contributed by atoms with Crippen LogP contribution in [0.25, 0.3) is 0 Å². The third-order valence-electron chi connectivity index (χ3n) is 11.1. The van der Waals surface area contributed by atoms with E-state index in [4.69, 9.17) is 4.74 Å². The van der Waals surface area contributed by atoms with Gasteiger partial charge in [0, 0.05) is 6.54 Å². The number of unbranched alkanes of at least 4 members (excludes halogenated alkanes) is 19. The van der Waals surface area contributed by atoms with Crippen LogP contribution >= 0.6 is 0 Å². The lowest BCUT2D eigenvalue weighted by Gasteiger charge is -2.29. The average molecular weight is 740 g/mol. The van der Waals surface area contributed by atoms with Crippen LogP contribution in [0, 0.1) is 0 Å². The van der Waals surface area contributed by atoms with Crippen molar-refractivity contribution in [2.75, 3.05) is 26.2 Å². The van der Waals surface area contributed by atoms with Gasteiger partial charge in [-0.2, -0.15) is 0 Å². The zero-order chi connectivity index (χ0) is 38.2. The van der Waals surface area contributed by atoms with Crippen molar-refractivity contribution in [1.29, 1.82) is 0 Å². The van der Waals surface area contributed by atoms with Gasteiger partial charge in [0.1, 0.15) is 0 Å². The fourth-order valence-corrected chi connectivity index (χ4v) is 7.51. The van der Waals surface area contributed by atoms with Gasteiger partial charge >= 0.3 is 5.97 Å². The second-order valence-corrected chi connectivity index (χ2v) is 16.2. The summed E-state index contributed by atoms with van der Waals surface area (Å²) in [6, 6.07) is 0. The summed E-state index contributed by atoms with van der Waals surface area (Å²) < 4.78 is 5.57. The summed E-state index contributed by atoms with van der Waals surface area (Å²) in [6.45, 7) is 8.09. The molecule has 0 unspecified atom stereocenters. The minimum absolute atomic E-state index is 0.0616. The first-order valence-corrected chi connectivity index (χ1v) is 23.3. The van der Waals surface area contributed by atoms with E-state index in [2.05, 4.69) is 67.4 Å². The Balaban J connectivity index is 2.25. The van der Waals surface area contributed by atoms with Gasteiger partial charge in [0.15, 0.2) is 0 Å². The topological polar surface area (TPSA) is 49.8 Å². The van der Waals surface area contributed by atoms with Gasteiger partial charge in [-0.15, -0.1) is 0 Å². The summed E-state index contributed by atoms with van der Waals surface area (Å²) in [4.78, 5) is 14.7. The van der Waals surface area contributed by atoms with Crippen molar-refractivity contribution >= 4 is 5.97 Å². The van der Waals surface area contributed by atoms with Crippen molar-refractivity contribution < 1.29 is 14.6 Å². The Hall–Kier alpha value is -1.65. The molecule has 1 aliphatic rings. The van der Waals surface area contributed by atoms with E-state index >= 15 is 0 Å². The number of allylic oxidation sites excluding steroid dienone is 8. The van der Waals surface area contributed by atoms with Gasteiger partial charge in [-0.3, -0.25) is 4.79 Å². The lowest BCUT2D eigenvalue weighted by Crippen LogP contribution is -2.32. The van der Waals surface area contributed by atoms with Crippen LogP contribution in [0.15, 0.2) is 48.6 Å². The highest BCUT2D eigenvalue weighted by molar-refractivity contribution is 5.69. The summed E-state index contributed by atoms with van der Waals surface area (Å²) >= 11 is 0. The first kappa shape index (κ1) is 49.4. The van der Waals surface area contributed by atoms with Gasteiger partial charge in [0.2, 0.25) is 0 Å². The quantitative estimate of drug-likeness (QED) is 0.0389. The van der Waals surface area contributed by atoms with Crippen LogP contribution in [0.5, 0.6) is 0 Å². The van der Waals surface area contributed by atoms with E-state index in [9.17, 15) is 9.90 Å². The molecule has 0 aromatic rings. The number of carbonyl (C=O) groups excluding carboxylic acids is 1. The van der Waals surface area contributed by atoms with Crippen molar-refractivity contribution in [2.45, 2.75) is 231 Å². The SMILES string of the molecule is CCCCC/C=C\C/C=C\CCCCCCCCC(O)(CCCCCCCC/C=C\C/C=C\CCCCC)CCCCOC(=O)CCN1CCCCC1. The number of carbonyl (C=O) groups is 1. The van der Waals surface area contributed by atoms with Crippen molar-refractivity contribution in [3.05, 3.63) is 48.6 Å². The highest BCUT2D eigenvalue weighted by Gasteiger charge is 2.25. The molecule has 1 fully saturated rings. The number of piperidine rings is 1. The van der Waals surface area contributed by atoms with E-state index in [1.165, 1.54) is 148 Å². The summed E-state index contributed by atoms with van der Waals surface area (Å²) in [7, 11) is 0. The zero-order valence-corrected chi connectivity index (χ0v) is 35.5. The van der Waals surface area contributed by atoms with Crippen LogP contribution in [0.4, 0.5) is 0 Å². The number of hydrogen-bond acceptors (Lipinski definition) is 4. The first-order chi connectivity index (χ1) is 26.1. The number of aliphatic hydroxyl groups is 1. The standard InChI is InChI=1S/C49H89NO3/c1-3-5-7-9-11-13-15-17-19-21-23-25-27-29-31-34-41-49(52,43-36-39-47-53-48(51)40-46-50-44-37-33-38-45-50)42-35-32-30-28-26-24-22-20-18-16-14-12-10-8-6-4-2/h11-14,17-20,52H,3-10,15-16,21-47H2,1-2H3/b13-11-,14-12-,19-17-,20-18-. The maximum Gasteiger partial charge on any atom is 0.307 e. The van der Waals surface area contributed by atoms with Crippen molar-refractivity contribution in [3.8, 4) is 0 Å². The molecule has 1 N–H and O–H groups in total. The van der Waals surface area contributed by atoms with Crippen LogP contribution in [0.1, 0.15) is 226 Å². The lowest BCUT2D eigenvalue weighted by molar-refractivity contribution is -0.144. The van der Waals surface area contributed by atoms with E-state index in [0.29, 0.717) is 13.0 Å². The van der Waals surface area contributed by atoms with Gasteiger partial charge < -0.3 is 14.7 Å². The summed E-state index contributed by atoms with van der Waals surface area (Å²) in [6.07, 6.45) is 57.5. The fourth-order valence-electron chi connectivity index (χ4n) is 7.51. The first-order valence-electron chi connectivity index (χ1n) is 23.3. The molecule has 0 spiro atoms. The van der Waals surface area contributed by atoms with Crippen molar-refractivity contribution in [1.82, 2.24) is 4.90 Å². The molecule has 0 saturated carbocycles. The van der Waals surface area contributed by atoms with Crippen LogP contribution < -0.4 is 0 Å². The number of ether oxygens (including phenoxy) is 1. The smallest absolute Gasteiger partial charge is 0.307 e. The van der Waals surface area contributed by atoms with Gasteiger partial charge in [0.25, 0.3) is 0 Å². The van der Waals surface area contributed by atoms with Crippen LogP contribution in [-0.2, 0) is 9.53 Å². The van der Waals surface area contributed by atoms with Gasteiger partial charge in [-0.25, -0.2) is 0 Å². The van der Waals surface area contributed by atoms with E-state index < -0.39 is 5.60 Å². The fraction of sp³-hybridized carbons (Fsp3) is 0.816. The third kappa shape index (κ3) is 34.6. The van der Waals surface area contributed by atoms with Gasteiger partial charge in [0.05, 0.1) is 18.6 Å². The Morgan fingerprint density at radius 2 is 0.925 bits per heavy atom. The molecule has 0 bridgehead atoms. The van der Waals surface area contributed by atoms with Gasteiger partial charge in [-0.1, -0.05) is 159 Å². The van der Waals surface area contributed by atoms with Crippen LogP contribution in [0.3, 0.4) is 0 Å². The van der Waals surface area contributed by atoms with E-state index in [0.717, 1.165) is 77.4 Å². The molecule has 1 aliphatic heterocycles. The molecule has 1 heterocycles. The summed E-state index contributed by atoms with van der Waals surface area (Å²) in [5, 5.41) is 11.7. The Kier molecular flexibility index (Phi) is 36.0. The molecule has 0 amide bonds. The molecule has 1 rings (SSSR count). The molecule has 0 radical (unpaired) electrons. The van der Waals surface area contributed by atoms with Crippen molar-refractivity contribution in [3.63, 3.8) is 0 Å². The Morgan fingerprint density at radius 3 is 1.38 bits per heavy atom. The predicted octanol–water partition coefficient (Wildman–Crippen LogP) is 14.7. The molecule has 308 valence electrons. The number of likely N-dealkylation sites (tertiary alicyclic amines) is 1. The molecule has 0 aliphatic carbocycles. The second kappa shape index (κ2) is 38.6. The highest BCUT2D eigenvalue weighted by atomic mass is 16.5. The third-order valence-corrected chi connectivity index (χ3v) is 11.1. The molecule has 0 aromatic carbocycles. The van der Waals surface area contributed by atoms with Crippen LogP contribution in [0.2, 0.25) is 0 Å². The summed E-state index contributed by atoms with van der Waals surface area (Å²) in [5.74, 6) is -0.0616. The number of esters is 1. The van der Waals surface area contributed by atoms with E-state index in [1.807, 2.05) is 0 Å². The van der Waals surface area contributed by atoms with Crippen molar-refractivity contribution in [2.24, 2.45) is 0 Å². The Bertz CT molecular complexity index is 851. The maximum atomic E-state index is 12.3. The Morgan fingerprint density at radius 1 is 0.528 bits per heavy atom. The molecular formula is C49H89NO3. The molecule has 0 atom stereocenters. The molecular weight excluding hydrogens is 651 g/mol. The van der Waals surface area contributed by atoms with Gasteiger partial charge in [-0.05, 0) is 122 Å². The summed E-state index contributed by atoms with van der Waals surface area (Å²) in [5.41, 5.74) is -0.567. The van der Waals surface area contributed by atoms with E-state index in [1.54, 1.807) is 0 Å². The number of rotatable bonds is 38. The predicted molar refractivity (Wildman–Crippen MR) is 233 cm³/mol. The molecule has 1 saturated heterocycles. The highest BCUT2D eigenvalue weighted by Crippen LogP contribution is 2.29. The minimum atomic E-state index is -0.567. The largest absolute Gasteiger partial charge is 0.466 e. The normalized spacial score (nSPS) is 14.5. The molecule has 4 nitrogen and oxygen atoms in total. The average Bonchev–Trinajstić information content (AvgIpc) is 3.17. The molecule has 53 heavy (non-hydrogen) atoms. The number of nitrogens with zero attached hydrogens (tertiary/aromatic N) is 1. The second-order valence-electron chi connectivity index (χ2n) is 16.2. The molecule has 4 heteroatoms. The number of hydrogen-bond donors (Lipinski definition) is 1.